The quantitative estimate of drug-likeness (QED) is 0.791. The summed E-state index contributed by atoms with van der Waals surface area (Å²) in [6, 6.07) is 8.35. The van der Waals surface area contributed by atoms with Crippen molar-refractivity contribution in [2.75, 3.05) is 0 Å². The van der Waals surface area contributed by atoms with E-state index in [-0.39, 0.29) is 6.04 Å². The van der Waals surface area contributed by atoms with Crippen molar-refractivity contribution < 1.29 is 0 Å². The first-order chi connectivity index (χ1) is 7.45. The van der Waals surface area contributed by atoms with E-state index in [1.54, 1.807) is 11.3 Å². The number of nitrogens with zero attached hydrogens (tertiary/aromatic N) is 2. The Hall–Kier alpha value is -1.68. The highest BCUT2D eigenvalue weighted by atomic mass is 32.1. The predicted molar refractivity (Wildman–Crippen MR) is 61.1 cm³/mol. The van der Waals surface area contributed by atoms with Crippen LogP contribution in [0.15, 0.2) is 40.9 Å². The Morgan fingerprint density at radius 1 is 1.27 bits per heavy atom. The van der Waals surface area contributed by atoms with Gasteiger partial charge >= 0.3 is 0 Å². The fraction of sp³-hybridized carbons (Fsp3) is 0.0909. The molecule has 0 bridgehead atoms. The second kappa shape index (κ2) is 3.47. The molecule has 4 heteroatoms. The maximum atomic E-state index is 4.32. The van der Waals surface area contributed by atoms with Crippen LogP contribution in [0.2, 0.25) is 0 Å². The number of fused-ring (bicyclic) bond motifs is 1. The number of hydrogen-bond acceptors (Lipinski definition) is 4. The highest BCUT2D eigenvalue weighted by Gasteiger charge is 2.20. The largest absolute Gasteiger partial charge is 0.296 e. The summed E-state index contributed by atoms with van der Waals surface area (Å²) in [4.78, 5) is 4.32. The first-order valence-corrected chi connectivity index (χ1v) is 5.60. The molecule has 1 aromatic heterocycles. The Morgan fingerprint density at radius 3 is 3.07 bits per heavy atom. The molecule has 74 valence electrons. The fourth-order valence-electron chi connectivity index (χ4n) is 1.71. The van der Waals surface area contributed by atoms with Crippen LogP contribution in [-0.4, -0.2) is 11.2 Å². The monoisotopic (exact) mass is 215 g/mol. The van der Waals surface area contributed by atoms with Crippen LogP contribution in [0.4, 0.5) is 0 Å². The fourth-order valence-corrected chi connectivity index (χ4v) is 2.41. The first-order valence-electron chi connectivity index (χ1n) is 4.72. The van der Waals surface area contributed by atoms with E-state index in [0.717, 1.165) is 10.6 Å². The molecule has 0 saturated carbocycles. The van der Waals surface area contributed by atoms with Gasteiger partial charge in [-0.25, -0.2) is 4.98 Å². The third kappa shape index (κ3) is 1.43. The molecule has 0 amide bonds. The summed E-state index contributed by atoms with van der Waals surface area (Å²) in [5.74, 6) is 0. The summed E-state index contributed by atoms with van der Waals surface area (Å²) in [5, 5.41) is 7.19. The Kier molecular flexibility index (Phi) is 1.99. The molecule has 2 heterocycles. The third-order valence-corrected chi connectivity index (χ3v) is 3.25. The zero-order chi connectivity index (χ0) is 10.1. The predicted octanol–water partition coefficient (Wildman–Crippen LogP) is 2.17. The molecule has 0 saturated heterocycles. The molecule has 1 aromatic carbocycles. The zero-order valence-electron chi connectivity index (χ0n) is 7.92. The van der Waals surface area contributed by atoms with E-state index in [1.807, 2.05) is 29.9 Å². The smallest absolute Gasteiger partial charge is 0.121 e. The van der Waals surface area contributed by atoms with Gasteiger partial charge in [-0.15, -0.1) is 11.3 Å². The number of rotatable bonds is 1. The Morgan fingerprint density at radius 2 is 2.20 bits per heavy atom. The lowest BCUT2D eigenvalue weighted by atomic mass is 10.0. The van der Waals surface area contributed by atoms with E-state index in [2.05, 4.69) is 27.6 Å². The topological polar surface area (TPSA) is 37.3 Å². The lowest BCUT2D eigenvalue weighted by Crippen LogP contribution is -2.22. The number of aromatic nitrogens is 1. The highest BCUT2D eigenvalue weighted by molar-refractivity contribution is 7.09. The molecule has 1 aliphatic heterocycles. The van der Waals surface area contributed by atoms with E-state index in [1.165, 1.54) is 5.56 Å². The van der Waals surface area contributed by atoms with Gasteiger partial charge in [-0.2, -0.15) is 5.10 Å². The van der Waals surface area contributed by atoms with Crippen molar-refractivity contribution in [1.29, 1.82) is 0 Å². The van der Waals surface area contributed by atoms with Gasteiger partial charge in [0.15, 0.2) is 0 Å². The van der Waals surface area contributed by atoms with Crippen molar-refractivity contribution in [3.8, 4) is 0 Å². The molecule has 3 nitrogen and oxygen atoms in total. The molecule has 0 radical (unpaired) electrons. The van der Waals surface area contributed by atoms with E-state index < -0.39 is 0 Å². The Bertz CT molecular complexity index is 490. The van der Waals surface area contributed by atoms with Crippen molar-refractivity contribution in [3.05, 3.63) is 52.0 Å². The summed E-state index contributed by atoms with van der Waals surface area (Å²) in [5.41, 5.74) is 5.50. The molecule has 1 N–H and O–H groups in total. The van der Waals surface area contributed by atoms with Crippen molar-refractivity contribution >= 4 is 17.6 Å². The van der Waals surface area contributed by atoms with Crippen LogP contribution in [0, 0.1) is 0 Å². The third-order valence-electron chi connectivity index (χ3n) is 2.41. The van der Waals surface area contributed by atoms with Crippen molar-refractivity contribution in [3.63, 3.8) is 0 Å². The van der Waals surface area contributed by atoms with Gasteiger partial charge in [-0.1, -0.05) is 24.3 Å². The number of hydrazone groups is 1. The van der Waals surface area contributed by atoms with Gasteiger partial charge in [0, 0.05) is 17.1 Å². The Labute approximate surface area is 91.5 Å². The summed E-state index contributed by atoms with van der Waals surface area (Å²) in [6.45, 7) is 0. The molecule has 0 fully saturated rings. The normalized spacial score (nSPS) is 18.3. The second-order valence-electron chi connectivity index (χ2n) is 3.32. The minimum Gasteiger partial charge on any atom is -0.296 e. The molecule has 3 rings (SSSR count). The second-order valence-corrected chi connectivity index (χ2v) is 4.25. The highest BCUT2D eigenvalue weighted by Crippen LogP contribution is 2.27. The molecule has 15 heavy (non-hydrogen) atoms. The van der Waals surface area contributed by atoms with Crippen molar-refractivity contribution in [2.24, 2.45) is 5.10 Å². The summed E-state index contributed by atoms with van der Waals surface area (Å²) in [7, 11) is 0. The van der Waals surface area contributed by atoms with Crippen molar-refractivity contribution in [1.82, 2.24) is 10.4 Å². The summed E-state index contributed by atoms with van der Waals surface area (Å²) in [6.07, 6.45) is 3.67. The summed E-state index contributed by atoms with van der Waals surface area (Å²) < 4.78 is 0. The average molecular weight is 215 g/mol. The van der Waals surface area contributed by atoms with E-state index in [0.29, 0.717) is 0 Å². The zero-order valence-corrected chi connectivity index (χ0v) is 8.74. The van der Waals surface area contributed by atoms with Crippen LogP contribution in [0.3, 0.4) is 0 Å². The van der Waals surface area contributed by atoms with Crippen LogP contribution >= 0.6 is 11.3 Å². The van der Waals surface area contributed by atoms with Gasteiger partial charge in [0.1, 0.15) is 11.0 Å². The molecular formula is C11H9N3S. The number of thiazole rings is 1. The molecule has 1 atom stereocenters. The van der Waals surface area contributed by atoms with Gasteiger partial charge in [0.05, 0.1) is 6.21 Å². The summed E-state index contributed by atoms with van der Waals surface area (Å²) >= 11 is 1.65. The van der Waals surface area contributed by atoms with Crippen LogP contribution in [0.1, 0.15) is 22.2 Å². The molecule has 0 spiro atoms. The SMILES string of the molecule is C1=NNC(c2nccs2)c2ccccc21. The van der Waals surface area contributed by atoms with Gasteiger partial charge in [-0.3, -0.25) is 5.43 Å². The van der Waals surface area contributed by atoms with Crippen LogP contribution < -0.4 is 5.43 Å². The first kappa shape index (κ1) is 8.61. The number of benzene rings is 1. The number of hydrogen-bond donors (Lipinski definition) is 1. The maximum Gasteiger partial charge on any atom is 0.121 e. The van der Waals surface area contributed by atoms with Crippen molar-refractivity contribution in [2.45, 2.75) is 6.04 Å². The van der Waals surface area contributed by atoms with Gasteiger partial charge in [0.25, 0.3) is 0 Å². The van der Waals surface area contributed by atoms with Crippen LogP contribution in [-0.2, 0) is 0 Å². The van der Waals surface area contributed by atoms with Gasteiger partial charge < -0.3 is 0 Å². The minimum atomic E-state index is 0.103. The van der Waals surface area contributed by atoms with E-state index in [4.69, 9.17) is 0 Å². The lowest BCUT2D eigenvalue weighted by Gasteiger charge is -2.20. The molecule has 2 aromatic rings. The lowest BCUT2D eigenvalue weighted by molar-refractivity contribution is 0.628. The molecule has 1 unspecified atom stereocenters. The van der Waals surface area contributed by atoms with Crippen LogP contribution in [0.5, 0.6) is 0 Å². The molecular weight excluding hydrogens is 206 g/mol. The van der Waals surface area contributed by atoms with Crippen LogP contribution in [0.25, 0.3) is 0 Å². The van der Waals surface area contributed by atoms with E-state index >= 15 is 0 Å². The van der Waals surface area contributed by atoms with E-state index in [9.17, 15) is 0 Å². The minimum absolute atomic E-state index is 0.103. The maximum absolute atomic E-state index is 4.32. The standard InChI is InChI=1S/C11H9N3S/c1-2-4-9-8(3-1)7-13-14-10(9)11-12-5-6-15-11/h1-7,10,14H. The molecule has 0 aliphatic carbocycles. The van der Waals surface area contributed by atoms with Gasteiger partial charge in [-0.05, 0) is 5.56 Å². The number of nitrogens with one attached hydrogen (secondary N) is 1. The molecule has 1 aliphatic rings. The Balaban J connectivity index is 2.10. The van der Waals surface area contributed by atoms with Gasteiger partial charge in [0.2, 0.25) is 0 Å². The average Bonchev–Trinajstić information content (AvgIpc) is 2.82.